The number of benzene rings is 2. The molecule has 2 aromatic carbocycles. The summed E-state index contributed by atoms with van der Waals surface area (Å²) in [5.41, 5.74) is -1.23. The molecule has 0 aromatic heterocycles. The number of carbonyl (C=O) groups excluding carboxylic acids is 1. The smallest absolute Gasteiger partial charge is 0.324 e. The molecule has 2 aromatic rings. The summed E-state index contributed by atoms with van der Waals surface area (Å²) >= 11 is 3.21. The van der Waals surface area contributed by atoms with Crippen LogP contribution in [0.25, 0.3) is 0 Å². The van der Waals surface area contributed by atoms with Gasteiger partial charge >= 0.3 is 6.18 Å². The molecular weight excluding hydrogens is 437 g/mol. The molecule has 0 aliphatic carbocycles. The molecule has 5 nitrogen and oxygen atoms in total. The maximum Gasteiger partial charge on any atom is 0.418 e. The van der Waals surface area contributed by atoms with Crippen molar-refractivity contribution in [3.63, 3.8) is 0 Å². The lowest BCUT2D eigenvalue weighted by Gasteiger charge is -2.22. The molecule has 0 spiro atoms. The van der Waals surface area contributed by atoms with Crippen LogP contribution in [-0.4, -0.2) is 27.1 Å². The van der Waals surface area contributed by atoms with Gasteiger partial charge in [-0.25, -0.2) is 8.42 Å². The lowest BCUT2D eigenvalue weighted by molar-refractivity contribution is -0.137. The first-order chi connectivity index (χ1) is 12.0. The Morgan fingerprint density at radius 2 is 1.69 bits per heavy atom. The lowest BCUT2D eigenvalue weighted by Crippen LogP contribution is -2.37. The third kappa shape index (κ3) is 5.21. The molecule has 0 saturated carbocycles. The number of rotatable bonds is 5. The summed E-state index contributed by atoms with van der Waals surface area (Å²) in [4.78, 5) is 12.2. The fourth-order valence-corrected chi connectivity index (χ4v) is 3.29. The Balaban J connectivity index is 2.26. The van der Waals surface area contributed by atoms with Crippen molar-refractivity contribution in [2.75, 3.05) is 22.4 Å². The lowest BCUT2D eigenvalue weighted by atomic mass is 10.1. The summed E-state index contributed by atoms with van der Waals surface area (Å²) in [6.07, 6.45) is -3.74. The van der Waals surface area contributed by atoms with Gasteiger partial charge in [0.15, 0.2) is 0 Å². The van der Waals surface area contributed by atoms with E-state index in [0.29, 0.717) is 4.47 Å². The van der Waals surface area contributed by atoms with E-state index in [1.54, 1.807) is 12.1 Å². The molecule has 0 bridgehead atoms. The number of nitrogens with zero attached hydrogens (tertiary/aromatic N) is 1. The average Bonchev–Trinajstić information content (AvgIpc) is 2.52. The predicted molar refractivity (Wildman–Crippen MR) is 96.4 cm³/mol. The zero-order valence-corrected chi connectivity index (χ0v) is 15.8. The molecule has 1 N–H and O–H groups in total. The Bertz CT molecular complexity index is 900. The van der Waals surface area contributed by atoms with E-state index in [1.807, 2.05) is 0 Å². The number of para-hydroxylation sites is 1. The van der Waals surface area contributed by atoms with Gasteiger partial charge in [-0.3, -0.25) is 9.10 Å². The van der Waals surface area contributed by atoms with Gasteiger partial charge in [0.1, 0.15) is 6.54 Å². The van der Waals surface area contributed by atoms with Crippen molar-refractivity contribution in [2.24, 2.45) is 0 Å². The van der Waals surface area contributed by atoms with Crippen molar-refractivity contribution in [2.45, 2.75) is 6.18 Å². The van der Waals surface area contributed by atoms with Crippen molar-refractivity contribution >= 4 is 43.2 Å². The third-order valence-electron chi connectivity index (χ3n) is 3.31. The van der Waals surface area contributed by atoms with Gasteiger partial charge in [-0.1, -0.05) is 28.1 Å². The molecule has 2 rings (SSSR count). The van der Waals surface area contributed by atoms with Crippen LogP contribution in [-0.2, 0) is 21.0 Å². The highest BCUT2D eigenvalue weighted by Crippen LogP contribution is 2.34. The molecule has 10 heteroatoms. The minimum Gasteiger partial charge on any atom is -0.324 e. The molecule has 26 heavy (non-hydrogen) atoms. The minimum absolute atomic E-state index is 0.218. The van der Waals surface area contributed by atoms with E-state index in [4.69, 9.17) is 0 Å². The number of hydrogen-bond donors (Lipinski definition) is 1. The van der Waals surface area contributed by atoms with Crippen LogP contribution in [0.15, 0.2) is 53.0 Å². The Labute approximate surface area is 157 Å². The van der Waals surface area contributed by atoms with Gasteiger partial charge in [0.05, 0.1) is 23.2 Å². The van der Waals surface area contributed by atoms with Gasteiger partial charge in [0.2, 0.25) is 15.9 Å². The molecule has 1 amide bonds. The Kier molecular flexibility index (Phi) is 5.97. The second kappa shape index (κ2) is 7.67. The highest BCUT2D eigenvalue weighted by molar-refractivity contribution is 9.10. The van der Waals surface area contributed by atoms with Gasteiger partial charge in [-0.2, -0.15) is 13.2 Å². The minimum atomic E-state index is -4.65. The normalized spacial score (nSPS) is 11.9. The Morgan fingerprint density at radius 1 is 1.12 bits per heavy atom. The summed E-state index contributed by atoms with van der Waals surface area (Å²) in [6.45, 7) is -0.660. The van der Waals surface area contributed by atoms with Gasteiger partial charge < -0.3 is 5.32 Å². The molecule has 0 saturated heterocycles. The van der Waals surface area contributed by atoms with Crippen LogP contribution in [0.2, 0.25) is 0 Å². The van der Waals surface area contributed by atoms with Crippen molar-refractivity contribution < 1.29 is 26.4 Å². The maximum atomic E-state index is 13.0. The number of alkyl halides is 3. The Hall–Kier alpha value is -2.07. The molecular formula is C16H14BrF3N2O3S. The molecule has 140 valence electrons. The van der Waals surface area contributed by atoms with Crippen LogP contribution in [0.4, 0.5) is 24.5 Å². The van der Waals surface area contributed by atoms with Crippen molar-refractivity contribution in [3.8, 4) is 0 Å². The number of anilines is 2. The molecule has 0 unspecified atom stereocenters. The fourth-order valence-electron chi connectivity index (χ4n) is 2.17. The Morgan fingerprint density at radius 3 is 2.23 bits per heavy atom. The van der Waals surface area contributed by atoms with Crippen LogP contribution in [0.1, 0.15) is 5.56 Å². The maximum absolute atomic E-state index is 13.0. The summed E-state index contributed by atoms with van der Waals surface area (Å²) in [5, 5.41) is 2.13. The van der Waals surface area contributed by atoms with E-state index in [2.05, 4.69) is 21.2 Å². The monoisotopic (exact) mass is 450 g/mol. The van der Waals surface area contributed by atoms with Gasteiger partial charge in [0.25, 0.3) is 0 Å². The number of halogens is 4. The van der Waals surface area contributed by atoms with E-state index in [-0.39, 0.29) is 5.69 Å². The molecule has 0 aliphatic rings. The summed E-state index contributed by atoms with van der Waals surface area (Å²) < 4.78 is 64.5. The van der Waals surface area contributed by atoms with E-state index in [9.17, 15) is 26.4 Å². The van der Waals surface area contributed by atoms with Crippen LogP contribution < -0.4 is 9.62 Å². The quantitative estimate of drug-likeness (QED) is 0.751. The van der Waals surface area contributed by atoms with E-state index in [0.717, 1.165) is 22.7 Å². The summed E-state index contributed by atoms with van der Waals surface area (Å²) in [6, 6.07) is 10.6. The fraction of sp³-hybridized carbons (Fsp3) is 0.188. The van der Waals surface area contributed by atoms with E-state index in [1.165, 1.54) is 24.3 Å². The van der Waals surface area contributed by atoms with Gasteiger partial charge in [0, 0.05) is 4.47 Å². The van der Waals surface area contributed by atoms with Crippen LogP contribution in [0.3, 0.4) is 0 Å². The van der Waals surface area contributed by atoms with Crippen LogP contribution in [0, 0.1) is 0 Å². The number of carbonyl (C=O) groups is 1. The van der Waals surface area contributed by atoms with E-state index >= 15 is 0 Å². The molecule has 0 fully saturated rings. The van der Waals surface area contributed by atoms with Crippen molar-refractivity contribution in [1.29, 1.82) is 0 Å². The third-order valence-corrected chi connectivity index (χ3v) is 4.98. The van der Waals surface area contributed by atoms with Crippen LogP contribution in [0.5, 0.6) is 0 Å². The first-order valence-corrected chi connectivity index (χ1v) is 9.82. The highest BCUT2D eigenvalue weighted by Gasteiger charge is 2.33. The van der Waals surface area contributed by atoms with Gasteiger partial charge in [-0.15, -0.1) is 0 Å². The number of nitrogens with one attached hydrogen (secondary N) is 1. The standard InChI is InChI=1S/C16H14BrF3N2O3S/c1-26(24,25)22(12-8-6-11(17)7-9-12)10-15(23)21-14-5-3-2-4-13(14)16(18,19)20/h2-9H,10H2,1H3,(H,21,23). The molecule has 0 aliphatic heterocycles. The van der Waals surface area contributed by atoms with E-state index < -0.39 is 39.9 Å². The largest absolute Gasteiger partial charge is 0.418 e. The average molecular weight is 451 g/mol. The first-order valence-electron chi connectivity index (χ1n) is 7.18. The highest BCUT2D eigenvalue weighted by atomic mass is 79.9. The zero-order chi connectivity index (χ0) is 19.5. The molecule has 0 atom stereocenters. The van der Waals surface area contributed by atoms with Gasteiger partial charge in [-0.05, 0) is 36.4 Å². The summed E-state index contributed by atoms with van der Waals surface area (Å²) in [5.74, 6) is -0.893. The summed E-state index contributed by atoms with van der Waals surface area (Å²) in [7, 11) is -3.82. The van der Waals surface area contributed by atoms with Crippen molar-refractivity contribution in [3.05, 3.63) is 58.6 Å². The predicted octanol–water partition coefficient (Wildman–Crippen LogP) is 3.87. The zero-order valence-electron chi connectivity index (χ0n) is 13.4. The topological polar surface area (TPSA) is 66.5 Å². The number of hydrogen-bond acceptors (Lipinski definition) is 3. The second-order valence-corrected chi connectivity index (χ2v) is 8.16. The van der Waals surface area contributed by atoms with Crippen molar-refractivity contribution in [1.82, 2.24) is 0 Å². The van der Waals surface area contributed by atoms with Crippen LogP contribution >= 0.6 is 15.9 Å². The molecule has 0 radical (unpaired) electrons. The first kappa shape index (κ1) is 20.2. The number of sulfonamides is 1. The second-order valence-electron chi connectivity index (χ2n) is 5.34. The number of amides is 1. The molecule has 0 heterocycles. The SMILES string of the molecule is CS(=O)(=O)N(CC(=O)Nc1ccccc1C(F)(F)F)c1ccc(Br)cc1.